The highest BCUT2D eigenvalue weighted by Crippen LogP contribution is 2.20. The number of benzene rings is 1. The first-order valence-electron chi connectivity index (χ1n) is 7.63. The lowest BCUT2D eigenvalue weighted by molar-refractivity contribution is -0.153. The molecule has 0 saturated heterocycles. The Morgan fingerprint density at radius 1 is 1.23 bits per heavy atom. The van der Waals surface area contributed by atoms with Gasteiger partial charge in [0.15, 0.2) is 6.61 Å². The third-order valence-electron chi connectivity index (χ3n) is 3.43. The number of amides is 1. The van der Waals surface area contributed by atoms with Crippen molar-refractivity contribution in [2.45, 2.75) is 33.1 Å². The number of hydrogen-bond donors (Lipinski definition) is 0. The van der Waals surface area contributed by atoms with Gasteiger partial charge in [-0.25, -0.2) is 0 Å². The maximum atomic E-state index is 12.2. The van der Waals surface area contributed by atoms with Crippen molar-refractivity contribution in [3.8, 4) is 0 Å². The Kier molecular flexibility index (Phi) is 7.37. The van der Waals surface area contributed by atoms with Crippen molar-refractivity contribution in [2.75, 3.05) is 19.7 Å². The van der Waals surface area contributed by atoms with Gasteiger partial charge in [0, 0.05) is 13.1 Å². The molecular weight excluding hydrogens is 278 g/mol. The number of hydrogen-bond acceptors (Lipinski definition) is 3. The van der Waals surface area contributed by atoms with Crippen LogP contribution in [0.4, 0.5) is 0 Å². The van der Waals surface area contributed by atoms with Gasteiger partial charge in [0.1, 0.15) is 0 Å². The molecule has 1 atom stereocenters. The molecule has 0 N–H and O–H groups in total. The van der Waals surface area contributed by atoms with Gasteiger partial charge in [0.05, 0.1) is 5.92 Å². The van der Waals surface area contributed by atoms with Gasteiger partial charge in [0.25, 0.3) is 5.91 Å². The summed E-state index contributed by atoms with van der Waals surface area (Å²) in [4.78, 5) is 25.9. The average molecular weight is 303 g/mol. The van der Waals surface area contributed by atoms with Crippen molar-refractivity contribution in [2.24, 2.45) is 0 Å². The average Bonchev–Trinajstić information content (AvgIpc) is 2.51. The summed E-state index contributed by atoms with van der Waals surface area (Å²) in [6.45, 7) is 10.3. The van der Waals surface area contributed by atoms with E-state index in [0.717, 1.165) is 11.1 Å². The van der Waals surface area contributed by atoms with Crippen molar-refractivity contribution in [1.82, 2.24) is 4.90 Å². The highest BCUT2D eigenvalue weighted by atomic mass is 16.5. The lowest BCUT2D eigenvalue weighted by atomic mass is 9.97. The molecule has 4 nitrogen and oxygen atoms in total. The number of carbonyl (C=O) groups excluding carboxylic acids is 2. The molecule has 0 aliphatic rings. The smallest absolute Gasteiger partial charge is 0.313 e. The van der Waals surface area contributed by atoms with Crippen LogP contribution in [0.5, 0.6) is 0 Å². The maximum absolute atomic E-state index is 12.2. The van der Waals surface area contributed by atoms with Crippen LogP contribution in [0.15, 0.2) is 42.5 Å². The predicted molar refractivity (Wildman–Crippen MR) is 87.5 cm³/mol. The normalized spacial score (nSPS) is 11.6. The zero-order valence-electron chi connectivity index (χ0n) is 13.7. The molecule has 1 aromatic carbocycles. The fourth-order valence-corrected chi connectivity index (χ4v) is 2.25. The summed E-state index contributed by atoms with van der Waals surface area (Å²) < 4.78 is 5.22. The van der Waals surface area contributed by atoms with Gasteiger partial charge in [0.2, 0.25) is 0 Å². The predicted octanol–water partition coefficient (Wildman–Crippen LogP) is 3.15. The summed E-state index contributed by atoms with van der Waals surface area (Å²) in [6.07, 6.45) is 0.639. The van der Waals surface area contributed by atoms with Crippen LogP contribution < -0.4 is 0 Å². The summed E-state index contributed by atoms with van der Waals surface area (Å²) in [5, 5.41) is 0. The van der Waals surface area contributed by atoms with Crippen LogP contribution in [0.1, 0.15) is 38.7 Å². The van der Waals surface area contributed by atoms with Gasteiger partial charge in [-0.05, 0) is 25.8 Å². The molecule has 0 aliphatic heterocycles. The van der Waals surface area contributed by atoms with Crippen LogP contribution in [0.3, 0.4) is 0 Å². The quantitative estimate of drug-likeness (QED) is 0.547. The van der Waals surface area contributed by atoms with Gasteiger partial charge in [-0.1, -0.05) is 49.4 Å². The van der Waals surface area contributed by atoms with Crippen molar-refractivity contribution in [3.05, 3.63) is 48.0 Å². The molecule has 22 heavy (non-hydrogen) atoms. The van der Waals surface area contributed by atoms with Crippen LogP contribution in [0.2, 0.25) is 0 Å². The first kappa shape index (κ1) is 18.0. The second-order valence-electron chi connectivity index (χ2n) is 5.34. The second-order valence-corrected chi connectivity index (χ2v) is 5.34. The van der Waals surface area contributed by atoms with E-state index in [4.69, 9.17) is 4.74 Å². The van der Waals surface area contributed by atoms with Crippen molar-refractivity contribution >= 4 is 11.9 Å². The molecule has 0 spiro atoms. The summed E-state index contributed by atoms with van der Waals surface area (Å²) in [5.74, 6) is -0.875. The third-order valence-corrected chi connectivity index (χ3v) is 3.43. The van der Waals surface area contributed by atoms with Crippen LogP contribution in [-0.4, -0.2) is 36.5 Å². The van der Waals surface area contributed by atoms with Crippen molar-refractivity contribution < 1.29 is 14.3 Å². The SMILES string of the molecule is C=C(C)CN(CC)C(=O)COC(=O)C(CC)c1ccccc1. The molecule has 0 bridgehead atoms. The topological polar surface area (TPSA) is 46.6 Å². The lowest BCUT2D eigenvalue weighted by Gasteiger charge is -2.21. The van der Waals surface area contributed by atoms with E-state index in [1.54, 1.807) is 4.90 Å². The Morgan fingerprint density at radius 3 is 2.36 bits per heavy atom. The molecule has 0 radical (unpaired) electrons. The first-order valence-corrected chi connectivity index (χ1v) is 7.63. The van der Waals surface area contributed by atoms with Crippen molar-refractivity contribution in [3.63, 3.8) is 0 Å². The summed E-state index contributed by atoms with van der Waals surface area (Å²) in [7, 11) is 0. The molecule has 0 aliphatic carbocycles. The number of ether oxygens (including phenoxy) is 1. The van der Waals surface area contributed by atoms with Gasteiger partial charge in [-0.2, -0.15) is 0 Å². The minimum atomic E-state index is -0.353. The van der Waals surface area contributed by atoms with E-state index in [0.29, 0.717) is 19.5 Å². The van der Waals surface area contributed by atoms with Crippen LogP contribution in [0.25, 0.3) is 0 Å². The van der Waals surface area contributed by atoms with Gasteiger partial charge >= 0.3 is 5.97 Å². The van der Waals surface area contributed by atoms with Crippen LogP contribution >= 0.6 is 0 Å². The molecule has 1 aromatic rings. The molecule has 120 valence electrons. The third kappa shape index (κ3) is 5.35. The number of rotatable bonds is 8. The van der Waals surface area contributed by atoms with Gasteiger partial charge in [-0.15, -0.1) is 0 Å². The molecule has 0 fully saturated rings. The lowest BCUT2D eigenvalue weighted by Crippen LogP contribution is -2.36. The second kappa shape index (κ2) is 9.03. The minimum Gasteiger partial charge on any atom is -0.455 e. The fraction of sp³-hybridized carbons (Fsp3) is 0.444. The number of carbonyl (C=O) groups is 2. The molecular formula is C18H25NO3. The summed E-state index contributed by atoms with van der Waals surface area (Å²) in [6, 6.07) is 9.49. The standard InChI is InChI=1S/C18H25NO3/c1-5-16(15-10-8-7-9-11-15)18(21)22-13-17(20)19(6-2)12-14(3)4/h7-11,16H,3,5-6,12-13H2,1-2,4H3. The number of nitrogens with zero attached hydrogens (tertiary/aromatic N) is 1. The molecule has 4 heteroatoms. The Balaban J connectivity index is 2.60. The minimum absolute atomic E-state index is 0.193. The van der Waals surface area contributed by atoms with Crippen molar-refractivity contribution in [1.29, 1.82) is 0 Å². The number of likely N-dealkylation sites (N-methyl/N-ethyl adjacent to an activating group) is 1. The summed E-state index contributed by atoms with van der Waals surface area (Å²) in [5.41, 5.74) is 1.81. The molecule has 1 unspecified atom stereocenters. The highest BCUT2D eigenvalue weighted by Gasteiger charge is 2.22. The summed E-state index contributed by atoms with van der Waals surface area (Å²) >= 11 is 0. The zero-order valence-corrected chi connectivity index (χ0v) is 13.7. The molecule has 1 amide bonds. The molecule has 1 rings (SSSR count). The largest absolute Gasteiger partial charge is 0.455 e. The van der Waals surface area contributed by atoms with Crippen LogP contribution in [-0.2, 0) is 14.3 Å². The zero-order chi connectivity index (χ0) is 16.5. The van der Waals surface area contributed by atoms with E-state index in [1.807, 2.05) is 51.1 Å². The van der Waals surface area contributed by atoms with Gasteiger partial charge < -0.3 is 9.64 Å². The number of esters is 1. The molecule has 0 saturated carbocycles. The van der Waals surface area contributed by atoms with E-state index in [-0.39, 0.29) is 24.4 Å². The Morgan fingerprint density at radius 2 is 1.86 bits per heavy atom. The fourth-order valence-electron chi connectivity index (χ4n) is 2.25. The van der Waals surface area contributed by atoms with Gasteiger partial charge in [-0.3, -0.25) is 9.59 Å². The van der Waals surface area contributed by atoms with E-state index in [2.05, 4.69) is 6.58 Å². The molecule has 0 aromatic heterocycles. The first-order chi connectivity index (χ1) is 10.5. The van der Waals surface area contributed by atoms with Crippen LogP contribution in [0, 0.1) is 0 Å². The Bertz CT molecular complexity index is 510. The molecule has 0 heterocycles. The Hall–Kier alpha value is -2.10. The van der Waals surface area contributed by atoms with E-state index < -0.39 is 0 Å². The van der Waals surface area contributed by atoms with E-state index >= 15 is 0 Å². The Labute approximate surface area is 132 Å². The highest BCUT2D eigenvalue weighted by molar-refractivity contribution is 5.83. The monoisotopic (exact) mass is 303 g/mol. The van der Waals surface area contributed by atoms with E-state index in [1.165, 1.54) is 0 Å². The van der Waals surface area contributed by atoms with E-state index in [9.17, 15) is 9.59 Å². The maximum Gasteiger partial charge on any atom is 0.313 e.